The quantitative estimate of drug-likeness (QED) is 0.0931. The predicted octanol–water partition coefficient (Wildman–Crippen LogP) is 7.35. The first kappa shape index (κ1) is 32.8. The van der Waals surface area contributed by atoms with Crippen molar-refractivity contribution in [1.29, 1.82) is 0 Å². The zero-order chi connectivity index (χ0) is 26.3. The van der Waals surface area contributed by atoms with Crippen LogP contribution in [-0.4, -0.2) is 48.2 Å². The number of aliphatic hydroxyl groups is 2. The van der Waals surface area contributed by atoms with E-state index in [0.29, 0.717) is 13.2 Å². The van der Waals surface area contributed by atoms with Crippen molar-refractivity contribution in [2.75, 3.05) is 19.8 Å². The van der Waals surface area contributed by atoms with Crippen molar-refractivity contribution in [3.8, 4) is 0 Å². The van der Waals surface area contributed by atoms with Crippen LogP contribution >= 0.6 is 0 Å². The van der Waals surface area contributed by atoms with Gasteiger partial charge < -0.3 is 24.4 Å². The summed E-state index contributed by atoms with van der Waals surface area (Å²) in [5.74, 6) is -0.317. The van der Waals surface area contributed by atoms with Gasteiger partial charge in [0.05, 0.1) is 19.8 Å². The van der Waals surface area contributed by atoms with Crippen molar-refractivity contribution in [2.24, 2.45) is 0 Å². The molecule has 0 bridgehead atoms. The maximum absolute atomic E-state index is 12.3. The average Bonchev–Trinajstić information content (AvgIpc) is 3.20. The van der Waals surface area contributed by atoms with Crippen LogP contribution in [-0.2, 0) is 19.0 Å². The van der Waals surface area contributed by atoms with E-state index in [1.165, 1.54) is 96.3 Å². The minimum atomic E-state index is -1.21. The van der Waals surface area contributed by atoms with E-state index >= 15 is 0 Å². The van der Waals surface area contributed by atoms with Gasteiger partial charge in [0.15, 0.2) is 11.9 Å². The second-order valence-corrected chi connectivity index (χ2v) is 10.3. The highest BCUT2D eigenvalue weighted by Gasteiger charge is 2.41. The molecule has 2 N–H and O–H groups in total. The first-order valence-electron chi connectivity index (χ1n) is 15.1. The van der Waals surface area contributed by atoms with Gasteiger partial charge in [0.2, 0.25) is 5.76 Å². The monoisotopic (exact) mass is 512 g/mol. The molecule has 1 heterocycles. The van der Waals surface area contributed by atoms with Crippen molar-refractivity contribution in [2.45, 2.75) is 154 Å². The lowest BCUT2D eigenvalue weighted by molar-refractivity contribution is -0.148. The molecule has 0 aromatic rings. The molecular weight excluding hydrogens is 456 g/mol. The first-order chi connectivity index (χ1) is 17.7. The molecule has 36 heavy (non-hydrogen) atoms. The number of hydrogen-bond acceptors (Lipinski definition) is 6. The van der Waals surface area contributed by atoms with Crippen molar-refractivity contribution in [3.05, 3.63) is 11.5 Å². The molecule has 0 aliphatic carbocycles. The smallest absolute Gasteiger partial charge is 0.378 e. The zero-order valence-electron chi connectivity index (χ0n) is 23.4. The number of carbonyl (C=O) groups is 1. The lowest BCUT2D eigenvalue weighted by Crippen LogP contribution is -2.32. The summed E-state index contributed by atoms with van der Waals surface area (Å²) in [6.45, 7) is 4.82. The van der Waals surface area contributed by atoms with E-state index < -0.39 is 24.8 Å². The van der Waals surface area contributed by atoms with Crippen LogP contribution in [0.3, 0.4) is 0 Å². The molecule has 0 spiro atoms. The molecule has 6 heteroatoms. The molecule has 1 aliphatic rings. The van der Waals surface area contributed by atoms with Gasteiger partial charge in [0.1, 0.15) is 6.10 Å². The van der Waals surface area contributed by atoms with Crippen LogP contribution in [0, 0.1) is 0 Å². The molecular formula is C30H56O6. The third-order valence-electron chi connectivity index (χ3n) is 6.94. The summed E-state index contributed by atoms with van der Waals surface area (Å²) in [5, 5.41) is 19.4. The Kier molecular flexibility index (Phi) is 20.8. The molecule has 0 amide bonds. The third kappa shape index (κ3) is 15.1. The van der Waals surface area contributed by atoms with Crippen LogP contribution < -0.4 is 0 Å². The van der Waals surface area contributed by atoms with Gasteiger partial charge in [-0.25, -0.2) is 4.79 Å². The Hall–Kier alpha value is -1.27. The van der Waals surface area contributed by atoms with Gasteiger partial charge in [0.25, 0.3) is 0 Å². The predicted molar refractivity (Wildman–Crippen MR) is 146 cm³/mol. The van der Waals surface area contributed by atoms with Gasteiger partial charge in [0, 0.05) is 0 Å². The summed E-state index contributed by atoms with van der Waals surface area (Å²) in [7, 11) is 0. The number of esters is 1. The number of cyclic esters (lactones) is 1. The molecule has 0 aromatic carbocycles. The largest absolute Gasteiger partial charge is 0.490 e. The Balaban J connectivity index is 2.21. The van der Waals surface area contributed by atoms with Crippen molar-refractivity contribution in [1.82, 2.24) is 0 Å². The number of rotatable bonds is 26. The number of carbonyl (C=O) groups excluding carboxylic acids is 1. The fourth-order valence-electron chi connectivity index (χ4n) is 4.61. The standard InChI is InChI=1S/C30H56O6/c1-3-5-7-9-11-12-13-14-15-16-17-18-20-21-23-34-28-27(26(32)25-31)36-30(33)29(28)35-24-22-19-10-8-6-4-2/h26-27,31-32H,3-25H2,1-2H3/t26-,27+/m0/s1. The lowest BCUT2D eigenvalue weighted by atomic mass is 10.0. The van der Waals surface area contributed by atoms with Gasteiger partial charge >= 0.3 is 5.97 Å². The SMILES string of the molecule is CCCCCCCCCCCCCCCCOC1=C(OCCCCCCCC)C(=O)O[C@@H]1[C@@H](O)CO. The summed E-state index contributed by atoms with van der Waals surface area (Å²) in [6.07, 6.45) is 22.6. The van der Waals surface area contributed by atoms with Gasteiger partial charge in [-0.15, -0.1) is 0 Å². The summed E-state index contributed by atoms with van der Waals surface area (Å²) in [5.41, 5.74) is 0. The summed E-state index contributed by atoms with van der Waals surface area (Å²) in [6, 6.07) is 0. The molecule has 0 saturated heterocycles. The topological polar surface area (TPSA) is 85.2 Å². The third-order valence-corrected chi connectivity index (χ3v) is 6.94. The highest BCUT2D eigenvalue weighted by Crippen LogP contribution is 2.28. The van der Waals surface area contributed by atoms with Crippen LogP contribution in [0.15, 0.2) is 11.5 Å². The van der Waals surface area contributed by atoms with Crippen molar-refractivity contribution >= 4 is 5.97 Å². The van der Waals surface area contributed by atoms with Gasteiger partial charge in [-0.3, -0.25) is 0 Å². The fraction of sp³-hybridized carbons (Fsp3) is 0.900. The summed E-state index contributed by atoms with van der Waals surface area (Å²) < 4.78 is 16.8. The second-order valence-electron chi connectivity index (χ2n) is 10.3. The molecule has 0 radical (unpaired) electrons. The number of unbranched alkanes of at least 4 members (excludes halogenated alkanes) is 18. The normalized spacial score (nSPS) is 16.4. The Labute approximate surface area is 221 Å². The molecule has 0 fully saturated rings. The molecule has 0 unspecified atom stereocenters. The van der Waals surface area contributed by atoms with E-state index in [2.05, 4.69) is 13.8 Å². The molecule has 1 aliphatic heterocycles. The number of ether oxygens (including phenoxy) is 3. The maximum atomic E-state index is 12.3. The van der Waals surface area contributed by atoms with Crippen LogP contribution in [0.2, 0.25) is 0 Å². The van der Waals surface area contributed by atoms with Crippen LogP contribution in [0.25, 0.3) is 0 Å². The minimum absolute atomic E-state index is 0.0615. The van der Waals surface area contributed by atoms with Crippen LogP contribution in [0.5, 0.6) is 0 Å². The Morgan fingerprint density at radius 3 is 1.47 bits per heavy atom. The highest BCUT2D eigenvalue weighted by molar-refractivity contribution is 5.89. The molecule has 2 atom stereocenters. The Morgan fingerprint density at radius 1 is 0.667 bits per heavy atom. The van der Waals surface area contributed by atoms with E-state index in [-0.39, 0.29) is 11.5 Å². The second kappa shape index (κ2) is 22.9. The fourth-order valence-corrected chi connectivity index (χ4v) is 4.61. The van der Waals surface area contributed by atoms with Crippen LogP contribution in [0.1, 0.15) is 142 Å². The van der Waals surface area contributed by atoms with Crippen molar-refractivity contribution < 1.29 is 29.2 Å². The molecule has 0 saturated carbocycles. The van der Waals surface area contributed by atoms with E-state index in [0.717, 1.165) is 32.1 Å². The van der Waals surface area contributed by atoms with Crippen LogP contribution in [0.4, 0.5) is 0 Å². The Morgan fingerprint density at radius 2 is 1.06 bits per heavy atom. The van der Waals surface area contributed by atoms with E-state index in [1.807, 2.05) is 0 Å². The number of hydrogen-bond donors (Lipinski definition) is 2. The minimum Gasteiger partial charge on any atom is -0.490 e. The van der Waals surface area contributed by atoms with E-state index in [4.69, 9.17) is 14.2 Å². The molecule has 1 rings (SSSR count). The average molecular weight is 513 g/mol. The summed E-state index contributed by atoms with van der Waals surface area (Å²) in [4.78, 5) is 12.3. The molecule has 6 nitrogen and oxygen atoms in total. The van der Waals surface area contributed by atoms with Gasteiger partial charge in [-0.1, -0.05) is 129 Å². The van der Waals surface area contributed by atoms with Crippen molar-refractivity contribution in [3.63, 3.8) is 0 Å². The number of aliphatic hydroxyl groups excluding tert-OH is 2. The van der Waals surface area contributed by atoms with Gasteiger partial charge in [-0.05, 0) is 12.8 Å². The van der Waals surface area contributed by atoms with Gasteiger partial charge in [-0.2, -0.15) is 0 Å². The van der Waals surface area contributed by atoms with E-state index in [1.54, 1.807) is 0 Å². The lowest BCUT2D eigenvalue weighted by Gasteiger charge is -2.18. The zero-order valence-corrected chi connectivity index (χ0v) is 23.4. The Bertz CT molecular complexity index is 562. The highest BCUT2D eigenvalue weighted by atomic mass is 16.6. The van der Waals surface area contributed by atoms with E-state index in [9.17, 15) is 15.0 Å². The summed E-state index contributed by atoms with van der Waals surface area (Å²) >= 11 is 0. The molecule has 212 valence electrons. The molecule has 0 aromatic heterocycles. The maximum Gasteiger partial charge on any atom is 0.378 e. The first-order valence-corrected chi connectivity index (χ1v) is 15.1.